The van der Waals surface area contributed by atoms with E-state index in [9.17, 15) is 8.78 Å². The molecule has 0 spiro atoms. The zero-order chi connectivity index (χ0) is 10.2. The molecule has 0 saturated heterocycles. The van der Waals surface area contributed by atoms with Gasteiger partial charge in [-0.15, -0.1) is 0 Å². The zero-order valence-electron chi connectivity index (χ0n) is 7.34. The summed E-state index contributed by atoms with van der Waals surface area (Å²) >= 11 is 6.68. The number of alkyl halides is 2. The monoisotopic (exact) mass is 238 g/mol. The maximum absolute atomic E-state index is 13.1. The van der Waals surface area contributed by atoms with Crippen LogP contribution in [0.1, 0.15) is 36.6 Å². The maximum Gasteiger partial charge on any atom is 0.248 e. The summed E-state index contributed by atoms with van der Waals surface area (Å²) in [6, 6.07) is 0. The largest absolute Gasteiger partial charge is 0.248 e. The van der Waals surface area contributed by atoms with Crippen molar-refractivity contribution in [3.63, 3.8) is 0 Å². The third-order valence-electron chi connectivity index (χ3n) is 2.41. The highest BCUT2D eigenvalue weighted by Crippen LogP contribution is 2.42. The van der Waals surface area contributed by atoms with Gasteiger partial charge >= 0.3 is 0 Å². The average molecular weight is 239 g/mol. The Labute approximate surface area is 89.5 Å². The lowest BCUT2D eigenvalue weighted by Gasteiger charge is -2.27. The summed E-state index contributed by atoms with van der Waals surface area (Å²) in [5.74, 6) is -2.70. The standard InChI is InChI=1S/C8H9ClF2N2S/c9-7-12-6(14-13-7)5-2-1-3-8(10,11)4-5/h5H,1-4H2. The Bertz CT molecular complexity index is 329. The number of nitrogens with zero attached hydrogens (tertiary/aromatic N) is 2. The third-order valence-corrected chi connectivity index (χ3v) is 3.55. The van der Waals surface area contributed by atoms with Gasteiger partial charge in [-0.25, -0.2) is 13.8 Å². The molecular weight excluding hydrogens is 230 g/mol. The van der Waals surface area contributed by atoms with E-state index in [1.165, 1.54) is 0 Å². The van der Waals surface area contributed by atoms with Crippen LogP contribution in [0.2, 0.25) is 5.28 Å². The normalized spacial score (nSPS) is 26.4. The van der Waals surface area contributed by atoms with Gasteiger partial charge in [0.05, 0.1) is 0 Å². The van der Waals surface area contributed by atoms with Crippen molar-refractivity contribution < 1.29 is 8.78 Å². The predicted octanol–water partition coefficient (Wildman–Crippen LogP) is 3.48. The Hall–Kier alpha value is -0.290. The minimum absolute atomic E-state index is 0.00393. The minimum atomic E-state index is -2.54. The van der Waals surface area contributed by atoms with Gasteiger partial charge < -0.3 is 0 Å². The highest BCUT2D eigenvalue weighted by atomic mass is 35.5. The van der Waals surface area contributed by atoms with Crippen LogP contribution in [0.5, 0.6) is 0 Å². The van der Waals surface area contributed by atoms with Gasteiger partial charge in [-0.3, -0.25) is 0 Å². The summed E-state index contributed by atoms with van der Waals surface area (Å²) in [7, 11) is 0. The van der Waals surface area contributed by atoms with Gasteiger partial charge in [0.2, 0.25) is 11.2 Å². The molecule has 0 bridgehead atoms. The van der Waals surface area contributed by atoms with Crippen LogP contribution in [-0.2, 0) is 0 Å². The fourth-order valence-corrected chi connectivity index (χ4v) is 2.70. The molecule has 0 aliphatic heterocycles. The third kappa shape index (κ3) is 2.20. The van der Waals surface area contributed by atoms with Crippen LogP contribution in [0.15, 0.2) is 0 Å². The summed E-state index contributed by atoms with van der Waals surface area (Å²) in [6.45, 7) is 0. The summed E-state index contributed by atoms with van der Waals surface area (Å²) in [5.41, 5.74) is 0. The SMILES string of the molecule is FC1(F)CCCC(c2nc(Cl)ns2)C1. The smallest absolute Gasteiger partial charge is 0.209 e. The fraction of sp³-hybridized carbons (Fsp3) is 0.750. The maximum atomic E-state index is 13.1. The number of halogens is 3. The minimum Gasteiger partial charge on any atom is -0.209 e. The Morgan fingerprint density at radius 3 is 2.86 bits per heavy atom. The molecule has 1 atom stereocenters. The molecule has 2 rings (SSSR count). The van der Waals surface area contributed by atoms with E-state index < -0.39 is 5.92 Å². The van der Waals surface area contributed by atoms with E-state index in [-0.39, 0.29) is 24.0 Å². The Morgan fingerprint density at radius 1 is 1.50 bits per heavy atom. The molecule has 1 unspecified atom stereocenters. The lowest BCUT2D eigenvalue weighted by atomic mass is 9.87. The number of hydrogen-bond donors (Lipinski definition) is 0. The number of aromatic nitrogens is 2. The van der Waals surface area contributed by atoms with Crippen molar-refractivity contribution in [3.05, 3.63) is 10.3 Å². The lowest BCUT2D eigenvalue weighted by Crippen LogP contribution is -2.24. The van der Waals surface area contributed by atoms with Crippen LogP contribution in [0.25, 0.3) is 0 Å². The molecule has 1 heterocycles. The van der Waals surface area contributed by atoms with Crippen LogP contribution >= 0.6 is 23.1 Å². The summed E-state index contributed by atoms with van der Waals surface area (Å²) < 4.78 is 29.9. The highest BCUT2D eigenvalue weighted by molar-refractivity contribution is 7.05. The van der Waals surface area contributed by atoms with Crippen LogP contribution in [-0.4, -0.2) is 15.3 Å². The van der Waals surface area contributed by atoms with Crippen LogP contribution in [0.3, 0.4) is 0 Å². The first-order valence-corrected chi connectivity index (χ1v) is 5.59. The van der Waals surface area contributed by atoms with Crippen LogP contribution in [0.4, 0.5) is 8.78 Å². The van der Waals surface area contributed by atoms with Crippen LogP contribution in [0, 0.1) is 0 Å². The van der Waals surface area contributed by atoms with Gasteiger partial charge in [0.1, 0.15) is 5.01 Å². The van der Waals surface area contributed by atoms with E-state index in [0.717, 1.165) is 18.0 Å². The van der Waals surface area contributed by atoms with Crippen molar-refractivity contribution in [2.75, 3.05) is 0 Å². The molecular formula is C8H9ClF2N2S. The zero-order valence-corrected chi connectivity index (χ0v) is 8.91. The van der Waals surface area contributed by atoms with Gasteiger partial charge in [-0.2, -0.15) is 4.37 Å². The first kappa shape index (κ1) is 10.2. The van der Waals surface area contributed by atoms with Crippen molar-refractivity contribution in [3.8, 4) is 0 Å². The summed E-state index contributed by atoms with van der Waals surface area (Å²) in [5, 5.41) is 0.813. The molecule has 0 amide bonds. The Kier molecular flexibility index (Phi) is 2.70. The summed E-state index contributed by atoms with van der Waals surface area (Å²) in [6.07, 6.45) is 1.20. The fourth-order valence-electron chi connectivity index (χ4n) is 1.76. The highest BCUT2D eigenvalue weighted by Gasteiger charge is 2.38. The molecule has 1 aromatic heterocycles. The van der Waals surface area contributed by atoms with Crippen molar-refractivity contribution in [2.24, 2.45) is 0 Å². The molecule has 0 N–H and O–H groups in total. The van der Waals surface area contributed by atoms with Gasteiger partial charge in [0.25, 0.3) is 0 Å². The Morgan fingerprint density at radius 2 is 2.29 bits per heavy atom. The van der Waals surface area contributed by atoms with E-state index in [4.69, 9.17) is 11.6 Å². The molecule has 1 saturated carbocycles. The molecule has 1 aliphatic rings. The van der Waals surface area contributed by atoms with E-state index in [1.807, 2.05) is 0 Å². The number of hydrogen-bond acceptors (Lipinski definition) is 3. The molecule has 1 aliphatic carbocycles. The predicted molar refractivity (Wildman–Crippen MR) is 51.1 cm³/mol. The summed E-state index contributed by atoms with van der Waals surface area (Å²) in [4.78, 5) is 3.94. The van der Waals surface area contributed by atoms with Gasteiger partial charge in [-0.05, 0) is 36.0 Å². The second-order valence-corrected chi connectivity index (χ2v) is 4.67. The molecule has 1 aromatic rings. The van der Waals surface area contributed by atoms with E-state index in [0.29, 0.717) is 11.4 Å². The van der Waals surface area contributed by atoms with Gasteiger partial charge in [-0.1, -0.05) is 0 Å². The van der Waals surface area contributed by atoms with Crippen molar-refractivity contribution in [1.29, 1.82) is 0 Å². The molecule has 0 aromatic carbocycles. The quantitative estimate of drug-likeness (QED) is 0.749. The second-order valence-electron chi connectivity index (χ2n) is 3.55. The first-order valence-electron chi connectivity index (χ1n) is 4.44. The second kappa shape index (κ2) is 3.70. The molecule has 78 valence electrons. The van der Waals surface area contributed by atoms with Crippen molar-refractivity contribution in [1.82, 2.24) is 9.36 Å². The number of rotatable bonds is 1. The molecule has 2 nitrogen and oxygen atoms in total. The van der Waals surface area contributed by atoms with Gasteiger partial charge in [0, 0.05) is 18.8 Å². The van der Waals surface area contributed by atoms with Crippen molar-refractivity contribution >= 4 is 23.1 Å². The Balaban J connectivity index is 2.12. The molecule has 6 heteroatoms. The van der Waals surface area contributed by atoms with E-state index in [2.05, 4.69) is 9.36 Å². The molecule has 1 fully saturated rings. The van der Waals surface area contributed by atoms with E-state index in [1.54, 1.807) is 0 Å². The van der Waals surface area contributed by atoms with Crippen molar-refractivity contribution in [2.45, 2.75) is 37.5 Å². The molecule has 14 heavy (non-hydrogen) atoms. The average Bonchev–Trinajstić information content (AvgIpc) is 2.50. The topological polar surface area (TPSA) is 25.8 Å². The van der Waals surface area contributed by atoms with Gasteiger partial charge in [0.15, 0.2) is 0 Å². The molecule has 0 radical (unpaired) electrons. The first-order chi connectivity index (χ1) is 6.57. The van der Waals surface area contributed by atoms with E-state index >= 15 is 0 Å². The van der Waals surface area contributed by atoms with Crippen LogP contribution < -0.4 is 0 Å². The lowest BCUT2D eigenvalue weighted by molar-refractivity contribution is -0.0408.